The van der Waals surface area contributed by atoms with Gasteiger partial charge in [0.15, 0.2) is 0 Å². The smallest absolute Gasteiger partial charge is 0.242 e. The van der Waals surface area contributed by atoms with Crippen LogP contribution in [0.4, 0.5) is 5.69 Å². The van der Waals surface area contributed by atoms with Crippen LogP contribution in [0.2, 0.25) is 0 Å². The summed E-state index contributed by atoms with van der Waals surface area (Å²) < 4.78 is 24.7. The minimum Gasteiger partial charge on any atom is -0.326 e. The summed E-state index contributed by atoms with van der Waals surface area (Å²) in [4.78, 5) is 11.5. The van der Waals surface area contributed by atoms with E-state index in [4.69, 9.17) is 0 Å². The maximum absolute atomic E-state index is 11.8. The molecule has 0 heterocycles. The van der Waals surface area contributed by atoms with Crippen molar-refractivity contribution >= 4 is 34.2 Å². The summed E-state index contributed by atoms with van der Waals surface area (Å²) in [6, 6.07) is 6.05. The van der Waals surface area contributed by atoms with Crippen LogP contribution >= 0.6 is 12.6 Å². The van der Waals surface area contributed by atoms with Gasteiger partial charge in [-0.3, -0.25) is 4.79 Å². The molecule has 0 radical (unpaired) electrons. The summed E-state index contributed by atoms with van der Waals surface area (Å²) >= 11 is 3.96. The molecule has 0 aliphatic carbocycles. The number of nitrogens with zero attached hydrogens (tertiary/aromatic N) is 1. The monoisotopic (exact) mass is 288 g/mol. The van der Waals surface area contributed by atoms with Crippen molar-refractivity contribution in [1.82, 2.24) is 4.31 Å². The Hall–Kier alpha value is -1.05. The second-order valence-electron chi connectivity index (χ2n) is 3.83. The topological polar surface area (TPSA) is 66.5 Å². The van der Waals surface area contributed by atoms with Crippen molar-refractivity contribution in [2.45, 2.75) is 11.3 Å². The normalized spacial score (nSPS) is 11.6. The second kappa shape index (κ2) is 6.21. The molecule has 7 heteroatoms. The van der Waals surface area contributed by atoms with Crippen molar-refractivity contribution in [3.63, 3.8) is 0 Å². The van der Waals surface area contributed by atoms with E-state index in [-0.39, 0.29) is 10.8 Å². The van der Waals surface area contributed by atoms with E-state index in [0.29, 0.717) is 17.9 Å². The summed E-state index contributed by atoms with van der Waals surface area (Å²) in [5.41, 5.74) is 0.569. The average molecular weight is 288 g/mol. The lowest BCUT2D eigenvalue weighted by Crippen LogP contribution is -2.22. The first-order chi connectivity index (χ1) is 8.37. The van der Waals surface area contributed by atoms with E-state index in [2.05, 4.69) is 17.9 Å². The highest BCUT2D eigenvalue weighted by Crippen LogP contribution is 2.16. The fourth-order valence-corrected chi connectivity index (χ4v) is 2.35. The maximum atomic E-state index is 11.8. The molecule has 0 atom stereocenters. The molecule has 5 nitrogen and oxygen atoms in total. The molecule has 0 aromatic heterocycles. The number of amides is 1. The number of nitrogens with one attached hydrogen (secondary N) is 1. The van der Waals surface area contributed by atoms with Gasteiger partial charge in [0.1, 0.15) is 0 Å². The summed E-state index contributed by atoms with van der Waals surface area (Å²) in [5.74, 6) is 0.326. The zero-order valence-corrected chi connectivity index (χ0v) is 12.0. The molecular weight excluding hydrogens is 272 g/mol. The molecule has 1 N–H and O–H groups in total. The standard InChI is InChI=1S/C11H16N2O3S2/c1-13(2)18(15,16)10-5-3-9(4-6-10)12-11(14)7-8-17/h3-6,17H,7-8H2,1-2H3,(H,12,14). The van der Waals surface area contributed by atoms with Crippen molar-refractivity contribution < 1.29 is 13.2 Å². The number of hydrogen-bond donors (Lipinski definition) is 2. The lowest BCUT2D eigenvalue weighted by atomic mass is 10.3. The molecular formula is C11H16N2O3S2. The number of carbonyl (C=O) groups excluding carboxylic acids is 1. The highest BCUT2D eigenvalue weighted by atomic mass is 32.2. The quantitative estimate of drug-likeness (QED) is 0.800. The number of hydrogen-bond acceptors (Lipinski definition) is 4. The van der Waals surface area contributed by atoms with Crippen LogP contribution in [0.15, 0.2) is 29.2 Å². The maximum Gasteiger partial charge on any atom is 0.242 e. The third kappa shape index (κ3) is 3.72. The Morgan fingerprint density at radius 2 is 1.83 bits per heavy atom. The van der Waals surface area contributed by atoms with E-state index in [1.165, 1.54) is 26.2 Å². The van der Waals surface area contributed by atoms with Crippen LogP contribution in [0.5, 0.6) is 0 Å². The number of benzene rings is 1. The summed E-state index contributed by atoms with van der Waals surface area (Å²) in [6.45, 7) is 0. The van der Waals surface area contributed by atoms with Crippen LogP contribution in [-0.4, -0.2) is 38.5 Å². The largest absolute Gasteiger partial charge is 0.326 e. The third-order valence-corrected chi connectivity index (χ3v) is 4.31. The van der Waals surface area contributed by atoms with Gasteiger partial charge < -0.3 is 5.32 Å². The molecule has 0 aliphatic rings. The lowest BCUT2D eigenvalue weighted by Gasteiger charge is -2.11. The molecule has 1 amide bonds. The third-order valence-electron chi connectivity index (χ3n) is 2.26. The van der Waals surface area contributed by atoms with Crippen LogP contribution in [-0.2, 0) is 14.8 Å². The molecule has 0 unspecified atom stereocenters. The molecule has 1 aromatic carbocycles. The van der Waals surface area contributed by atoms with Crippen LogP contribution in [0, 0.1) is 0 Å². The highest BCUT2D eigenvalue weighted by molar-refractivity contribution is 7.89. The molecule has 0 saturated heterocycles. The van der Waals surface area contributed by atoms with Crippen molar-refractivity contribution in [3.05, 3.63) is 24.3 Å². The van der Waals surface area contributed by atoms with E-state index >= 15 is 0 Å². The fourth-order valence-electron chi connectivity index (χ4n) is 1.25. The molecule has 18 heavy (non-hydrogen) atoms. The van der Waals surface area contributed by atoms with Gasteiger partial charge in [0.2, 0.25) is 15.9 Å². The van der Waals surface area contributed by atoms with Crippen molar-refractivity contribution in [2.24, 2.45) is 0 Å². The number of rotatable bonds is 5. The van der Waals surface area contributed by atoms with Gasteiger partial charge in [0.25, 0.3) is 0 Å². The number of carbonyl (C=O) groups is 1. The minimum atomic E-state index is -3.42. The second-order valence-corrected chi connectivity index (χ2v) is 6.43. The van der Waals surface area contributed by atoms with Crippen LogP contribution < -0.4 is 5.32 Å². The van der Waals surface area contributed by atoms with Gasteiger partial charge in [-0.2, -0.15) is 12.6 Å². The average Bonchev–Trinajstić information content (AvgIpc) is 2.29. The number of sulfonamides is 1. The van der Waals surface area contributed by atoms with Gasteiger partial charge in [0.05, 0.1) is 4.90 Å². The Kier molecular flexibility index (Phi) is 5.18. The fraction of sp³-hybridized carbons (Fsp3) is 0.364. The molecule has 1 aromatic rings. The van der Waals surface area contributed by atoms with E-state index in [1.54, 1.807) is 12.1 Å². The lowest BCUT2D eigenvalue weighted by molar-refractivity contribution is -0.115. The predicted octanol–water partition coefficient (Wildman–Crippen LogP) is 1.20. The van der Waals surface area contributed by atoms with Crippen LogP contribution in [0.3, 0.4) is 0 Å². The minimum absolute atomic E-state index is 0.145. The predicted molar refractivity (Wildman–Crippen MR) is 74.4 cm³/mol. The molecule has 0 bridgehead atoms. The molecule has 0 spiro atoms. The van der Waals surface area contributed by atoms with Gasteiger partial charge in [-0.1, -0.05) is 0 Å². The Morgan fingerprint density at radius 3 is 2.28 bits per heavy atom. The first kappa shape index (κ1) is 15.0. The van der Waals surface area contributed by atoms with Crippen molar-refractivity contribution in [3.8, 4) is 0 Å². The van der Waals surface area contributed by atoms with Crippen LogP contribution in [0.1, 0.15) is 6.42 Å². The first-order valence-corrected chi connectivity index (χ1v) is 7.38. The molecule has 0 fully saturated rings. The summed E-state index contributed by atoms with van der Waals surface area (Å²) in [7, 11) is -0.484. The van der Waals surface area contributed by atoms with E-state index in [0.717, 1.165) is 4.31 Å². The van der Waals surface area contributed by atoms with Crippen molar-refractivity contribution in [2.75, 3.05) is 25.2 Å². The zero-order valence-electron chi connectivity index (χ0n) is 10.3. The van der Waals surface area contributed by atoms with E-state index in [9.17, 15) is 13.2 Å². The number of thiol groups is 1. The van der Waals surface area contributed by atoms with E-state index < -0.39 is 10.0 Å². The summed E-state index contributed by atoms with van der Waals surface area (Å²) in [6.07, 6.45) is 0.320. The Bertz CT molecular complexity index is 510. The molecule has 1 rings (SSSR count). The number of anilines is 1. The van der Waals surface area contributed by atoms with Gasteiger partial charge >= 0.3 is 0 Å². The molecule has 100 valence electrons. The van der Waals surface area contributed by atoms with Crippen molar-refractivity contribution in [1.29, 1.82) is 0 Å². The van der Waals surface area contributed by atoms with Gasteiger partial charge in [-0.15, -0.1) is 0 Å². The Morgan fingerprint density at radius 1 is 1.28 bits per heavy atom. The van der Waals surface area contributed by atoms with Crippen LogP contribution in [0.25, 0.3) is 0 Å². The Labute approximate surface area is 113 Å². The first-order valence-electron chi connectivity index (χ1n) is 5.31. The molecule has 0 saturated carbocycles. The van der Waals surface area contributed by atoms with E-state index in [1.807, 2.05) is 0 Å². The summed E-state index contributed by atoms with van der Waals surface area (Å²) in [5, 5.41) is 2.65. The molecule has 0 aliphatic heterocycles. The van der Waals surface area contributed by atoms with Gasteiger partial charge in [-0.05, 0) is 30.0 Å². The highest BCUT2D eigenvalue weighted by Gasteiger charge is 2.16. The zero-order chi connectivity index (χ0) is 13.8. The van der Waals surface area contributed by atoms with Gasteiger partial charge in [-0.25, -0.2) is 12.7 Å². The Balaban J connectivity index is 2.84. The SMILES string of the molecule is CN(C)S(=O)(=O)c1ccc(NC(=O)CCS)cc1. The van der Waals surface area contributed by atoms with Gasteiger partial charge in [0, 0.05) is 26.2 Å².